The van der Waals surface area contributed by atoms with E-state index in [4.69, 9.17) is 19.3 Å². The number of para-hydroxylation sites is 1. The molecule has 0 saturated carbocycles. The minimum Gasteiger partial charge on any atom is -0.491 e. The first kappa shape index (κ1) is 16.2. The summed E-state index contributed by atoms with van der Waals surface area (Å²) in [7, 11) is 0. The molecule has 1 aliphatic rings. The summed E-state index contributed by atoms with van der Waals surface area (Å²) in [6.07, 6.45) is -6.30. The van der Waals surface area contributed by atoms with Gasteiger partial charge in [0.1, 0.15) is 36.8 Å². The Morgan fingerprint density at radius 2 is 1.67 bits per heavy atom. The molecule has 7 heteroatoms. The number of aliphatic hydroxyl groups is 4. The summed E-state index contributed by atoms with van der Waals surface area (Å²) in [5, 5.41) is 38.0. The van der Waals surface area contributed by atoms with Crippen molar-refractivity contribution in [3.05, 3.63) is 30.3 Å². The van der Waals surface area contributed by atoms with Gasteiger partial charge in [0.15, 0.2) is 6.29 Å². The molecule has 0 radical (unpaired) electrons. The normalized spacial score (nSPS) is 32.9. The van der Waals surface area contributed by atoms with Crippen molar-refractivity contribution < 1.29 is 34.6 Å². The molecule has 4 N–H and O–H groups in total. The predicted octanol–water partition coefficient (Wildman–Crippen LogP) is -1.12. The fraction of sp³-hybridized carbons (Fsp3) is 0.571. The Morgan fingerprint density at radius 1 is 0.952 bits per heavy atom. The first-order chi connectivity index (χ1) is 10.1. The zero-order valence-corrected chi connectivity index (χ0v) is 11.4. The molecule has 1 saturated heterocycles. The van der Waals surface area contributed by atoms with E-state index in [2.05, 4.69) is 0 Å². The number of aliphatic hydroxyl groups excluding tert-OH is 4. The number of rotatable bonds is 6. The number of hydrogen-bond acceptors (Lipinski definition) is 7. The van der Waals surface area contributed by atoms with Gasteiger partial charge in [-0.25, -0.2) is 0 Å². The molecule has 0 aliphatic carbocycles. The van der Waals surface area contributed by atoms with Crippen LogP contribution in [-0.4, -0.2) is 71.0 Å². The Bertz CT molecular complexity index is 411. The quantitative estimate of drug-likeness (QED) is 0.493. The zero-order chi connectivity index (χ0) is 15.2. The van der Waals surface area contributed by atoms with Gasteiger partial charge in [0, 0.05) is 0 Å². The van der Waals surface area contributed by atoms with Gasteiger partial charge in [-0.1, -0.05) is 18.2 Å². The topological polar surface area (TPSA) is 109 Å². The second-order valence-electron chi connectivity index (χ2n) is 4.73. The molecular weight excluding hydrogens is 280 g/mol. The van der Waals surface area contributed by atoms with E-state index in [1.54, 1.807) is 12.1 Å². The van der Waals surface area contributed by atoms with Gasteiger partial charge in [-0.2, -0.15) is 0 Å². The van der Waals surface area contributed by atoms with Gasteiger partial charge < -0.3 is 34.6 Å². The van der Waals surface area contributed by atoms with Gasteiger partial charge in [-0.05, 0) is 12.1 Å². The monoisotopic (exact) mass is 300 g/mol. The molecule has 5 atom stereocenters. The van der Waals surface area contributed by atoms with E-state index in [-0.39, 0.29) is 13.2 Å². The molecule has 0 bridgehead atoms. The molecule has 7 nitrogen and oxygen atoms in total. The summed E-state index contributed by atoms with van der Waals surface area (Å²) in [5.41, 5.74) is 0. The molecular formula is C14H20O7. The molecule has 0 aromatic heterocycles. The SMILES string of the molecule is OC[C@H]1O[C@H](OCCOc2ccccc2)[C@H](O)[C@@H](O)[C@@H]1O. The standard InChI is InChI=1S/C14H20O7/c15-8-10-11(16)12(17)13(18)14(21-10)20-7-6-19-9-4-2-1-3-5-9/h1-5,10-18H,6-8H2/t10-,11-,12+,13-,14+/m1/s1. The predicted molar refractivity (Wildman–Crippen MR) is 71.7 cm³/mol. The minimum atomic E-state index is -1.43. The molecule has 0 spiro atoms. The zero-order valence-electron chi connectivity index (χ0n) is 11.4. The minimum absolute atomic E-state index is 0.123. The lowest BCUT2D eigenvalue weighted by atomic mass is 9.99. The number of ether oxygens (including phenoxy) is 3. The molecule has 118 valence electrons. The molecule has 1 aliphatic heterocycles. The Hall–Kier alpha value is -1.22. The molecule has 1 fully saturated rings. The fourth-order valence-electron chi connectivity index (χ4n) is 2.05. The van der Waals surface area contributed by atoms with E-state index in [1.807, 2.05) is 18.2 Å². The van der Waals surface area contributed by atoms with E-state index in [1.165, 1.54) is 0 Å². The highest BCUT2D eigenvalue weighted by atomic mass is 16.7. The van der Waals surface area contributed by atoms with Crippen molar-refractivity contribution in [2.45, 2.75) is 30.7 Å². The maximum Gasteiger partial charge on any atom is 0.186 e. The van der Waals surface area contributed by atoms with Crippen LogP contribution in [0.25, 0.3) is 0 Å². The van der Waals surface area contributed by atoms with E-state index >= 15 is 0 Å². The average Bonchev–Trinajstić information content (AvgIpc) is 2.52. The van der Waals surface area contributed by atoms with E-state index in [9.17, 15) is 15.3 Å². The number of benzene rings is 1. The number of hydrogen-bond donors (Lipinski definition) is 4. The second kappa shape index (κ2) is 7.69. The van der Waals surface area contributed by atoms with Gasteiger partial charge in [-0.3, -0.25) is 0 Å². The van der Waals surface area contributed by atoms with Crippen LogP contribution in [-0.2, 0) is 9.47 Å². The van der Waals surface area contributed by atoms with Crippen molar-refractivity contribution in [1.29, 1.82) is 0 Å². The van der Waals surface area contributed by atoms with Crippen molar-refractivity contribution in [2.75, 3.05) is 19.8 Å². The van der Waals surface area contributed by atoms with Gasteiger partial charge >= 0.3 is 0 Å². The lowest BCUT2D eigenvalue weighted by Crippen LogP contribution is -2.59. The summed E-state index contributed by atoms with van der Waals surface area (Å²) >= 11 is 0. The highest BCUT2D eigenvalue weighted by Crippen LogP contribution is 2.21. The lowest BCUT2D eigenvalue weighted by molar-refractivity contribution is -0.301. The molecule has 21 heavy (non-hydrogen) atoms. The molecule has 1 aromatic rings. The van der Waals surface area contributed by atoms with Crippen LogP contribution in [0.1, 0.15) is 0 Å². The summed E-state index contributed by atoms with van der Waals surface area (Å²) in [6.45, 7) is -0.123. The highest BCUT2D eigenvalue weighted by Gasteiger charge is 2.43. The van der Waals surface area contributed by atoms with Crippen molar-refractivity contribution in [3.63, 3.8) is 0 Å². The van der Waals surface area contributed by atoms with E-state index in [0.29, 0.717) is 5.75 Å². The Morgan fingerprint density at radius 3 is 2.33 bits per heavy atom. The third kappa shape index (κ3) is 4.13. The maximum atomic E-state index is 9.76. The summed E-state index contributed by atoms with van der Waals surface area (Å²) < 4.78 is 15.9. The average molecular weight is 300 g/mol. The smallest absolute Gasteiger partial charge is 0.186 e. The molecule has 2 rings (SSSR count). The van der Waals surface area contributed by atoms with Gasteiger partial charge in [0.2, 0.25) is 0 Å². The Balaban J connectivity index is 1.77. The molecule has 0 unspecified atom stereocenters. The van der Waals surface area contributed by atoms with Crippen LogP contribution in [0, 0.1) is 0 Å². The molecule has 1 heterocycles. The van der Waals surface area contributed by atoms with Crippen LogP contribution in [0.5, 0.6) is 5.75 Å². The largest absolute Gasteiger partial charge is 0.491 e. The molecule has 1 aromatic carbocycles. The Labute approximate surface area is 122 Å². The van der Waals surface area contributed by atoms with Gasteiger partial charge in [-0.15, -0.1) is 0 Å². The van der Waals surface area contributed by atoms with Crippen molar-refractivity contribution >= 4 is 0 Å². The highest BCUT2D eigenvalue weighted by molar-refractivity contribution is 5.20. The van der Waals surface area contributed by atoms with Crippen LogP contribution >= 0.6 is 0 Å². The first-order valence-electron chi connectivity index (χ1n) is 6.73. The van der Waals surface area contributed by atoms with E-state index in [0.717, 1.165) is 0 Å². The van der Waals surface area contributed by atoms with Crippen LogP contribution in [0.15, 0.2) is 30.3 Å². The van der Waals surface area contributed by atoms with Crippen molar-refractivity contribution in [2.24, 2.45) is 0 Å². The maximum absolute atomic E-state index is 9.76. The van der Waals surface area contributed by atoms with Crippen LogP contribution in [0.2, 0.25) is 0 Å². The third-order valence-corrected chi connectivity index (χ3v) is 3.23. The second-order valence-corrected chi connectivity index (χ2v) is 4.73. The Kier molecular flexibility index (Phi) is 5.92. The fourth-order valence-corrected chi connectivity index (χ4v) is 2.05. The summed E-state index contributed by atoms with van der Waals surface area (Å²) in [4.78, 5) is 0. The molecule has 0 amide bonds. The van der Waals surface area contributed by atoms with Crippen LogP contribution in [0.4, 0.5) is 0 Å². The van der Waals surface area contributed by atoms with Crippen molar-refractivity contribution in [3.8, 4) is 5.75 Å². The van der Waals surface area contributed by atoms with Crippen LogP contribution in [0.3, 0.4) is 0 Å². The summed E-state index contributed by atoms with van der Waals surface area (Å²) in [5.74, 6) is 0.690. The van der Waals surface area contributed by atoms with Gasteiger partial charge in [0.25, 0.3) is 0 Å². The summed E-state index contributed by atoms with van der Waals surface area (Å²) in [6, 6.07) is 9.15. The van der Waals surface area contributed by atoms with E-state index < -0.39 is 37.3 Å². The van der Waals surface area contributed by atoms with Crippen LogP contribution < -0.4 is 4.74 Å². The van der Waals surface area contributed by atoms with Gasteiger partial charge in [0.05, 0.1) is 13.2 Å². The third-order valence-electron chi connectivity index (χ3n) is 3.23. The lowest BCUT2D eigenvalue weighted by Gasteiger charge is -2.39. The first-order valence-corrected chi connectivity index (χ1v) is 6.73. The van der Waals surface area contributed by atoms with Crippen molar-refractivity contribution in [1.82, 2.24) is 0 Å².